The molecule has 2 saturated heterocycles. The lowest BCUT2D eigenvalue weighted by atomic mass is 10.2. The van der Waals surface area contributed by atoms with Gasteiger partial charge < -0.3 is 9.64 Å². The Morgan fingerprint density at radius 3 is 2.38 bits per heavy atom. The second-order valence-electron chi connectivity index (χ2n) is 6.61. The third-order valence-corrected chi connectivity index (χ3v) is 5.52. The van der Waals surface area contributed by atoms with Crippen LogP contribution in [0, 0.1) is 0 Å². The molecule has 5 nitrogen and oxygen atoms in total. The van der Waals surface area contributed by atoms with E-state index in [0.717, 1.165) is 68.9 Å². The second kappa shape index (κ2) is 8.32. The van der Waals surface area contributed by atoms with Crippen molar-refractivity contribution in [3.63, 3.8) is 0 Å². The van der Waals surface area contributed by atoms with Crippen molar-refractivity contribution in [1.29, 1.82) is 0 Å². The molecule has 24 heavy (non-hydrogen) atoms. The Hall–Kier alpha value is -1.11. The van der Waals surface area contributed by atoms with Gasteiger partial charge >= 0.3 is 0 Å². The Balaban J connectivity index is 1.45. The van der Waals surface area contributed by atoms with E-state index in [4.69, 9.17) is 4.74 Å². The topological polar surface area (TPSA) is 36.0 Å². The molecular weight excluding hydrogens is 370 g/mol. The van der Waals surface area contributed by atoms with Crippen molar-refractivity contribution in [3.05, 3.63) is 28.2 Å². The maximum Gasteiger partial charge on any atom is 0.236 e. The molecule has 1 amide bonds. The standard InChI is InChI=1S/C18H26BrN3O2/c1-24-17-5-4-15(12-16(17)19)13-20-8-10-21(11-9-20)14-18(23)22-6-2-3-7-22/h4-5,12H,2-3,6-11,13-14H2,1H3. The van der Waals surface area contributed by atoms with E-state index < -0.39 is 0 Å². The zero-order chi connectivity index (χ0) is 16.9. The average Bonchev–Trinajstić information content (AvgIpc) is 3.11. The molecule has 1 aromatic carbocycles. The lowest BCUT2D eigenvalue weighted by Gasteiger charge is -2.35. The van der Waals surface area contributed by atoms with Crippen molar-refractivity contribution >= 4 is 21.8 Å². The zero-order valence-electron chi connectivity index (χ0n) is 14.3. The Morgan fingerprint density at radius 2 is 1.75 bits per heavy atom. The highest BCUT2D eigenvalue weighted by atomic mass is 79.9. The molecule has 0 radical (unpaired) electrons. The van der Waals surface area contributed by atoms with Gasteiger partial charge in [-0.25, -0.2) is 0 Å². The number of rotatable bonds is 5. The summed E-state index contributed by atoms with van der Waals surface area (Å²) in [5, 5.41) is 0. The third-order valence-electron chi connectivity index (χ3n) is 4.90. The SMILES string of the molecule is COc1ccc(CN2CCN(CC(=O)N3CCCC3)CC2)cc1Br. The van der Waals surface area contributed by atoms with Crippen LogP contribution in [0.15, 0.2) is 22.7 Å². The van der Waals surface area contributed by atoms with Crippen LogP contribution in [0.25, 0.3) is 0 Å². The molecule has 2 aliphatic heterocycles. The number of carbonyl (C=O) groups is 1. The maximum absolute atomic E-state index is 12.2. The van der Waals surface area contributed by atoms with E-state index in [1.54, 1.807) is 7.11 Å². The van der Waals surface area contributed by atoms with Crippen LogP contribution < -0.4 is 4.74 Å². The first-order valence-corrected chi connectivity index (χ1v) is 9.50. The van der Waals surface area contributed by atoms with Crippen LogP contribution in [0.4, 0.5) is 0 Å². The van der Waals surface area contributed by atoms with Crippen molar-refractivity contribution in [3.8, 4) is 5.75 Å². The van der Waals surface area contributed by atoms with Crippen LogP contribution in [0.2, 0.25) is 0 Å². The summed E-state index contributed by atoms with van der Waals surface area (Å²) in [5.74, 6) is 1.17. The summed E-state index contributed by atoms with van der Waals surface area (Å²) in [6.45, 7) is 7.39. The number of nitrogens with zero attached hydrogens (tertiary/aromatic N) is 3. The van der Waals surface area contributed by atoms with Gasteiger partial charge in [-0.05, 0) is 46.5 Å². The number of methoxy groups -OCH3 is 1. The predicted molar refractivity (Wildman–Crippen MR) is 98.2 cm³/mol. The van der Waals surface area contributed by atoms with Gasteiger partial charge in [0.25, 0.3) is 0 Å². The quantitative estimate of drug-likeness (QED) is 0.765. The Bertz CT molecular complexity index is 567. The molecule has 1 aromatic rings. The van der Waals surface area contributed by atoms with Gasteiger partial charge in [0.05, 0.1) is 18.1 Å². The van der Waals surface area contributed by atoms with E-state index in [1.165, 1.54) is 5.56 Å². The fourth-order valence-electron chi connectivity index (χ4n) is 3.43. The van der Waals surface area contributed by atoms with Crippen molar-refractivity contribution in [2.24, 2.45) is 0 Å². The first-order valence-electron chi connectivity index (χ1n) is 8.70. The van der Waals surface area contributed by atoms with Crippen LogP contribution in [0.5, 0.6) is 5.75 Å². The molecule has 132 valence electrons. The zero-order valence-corrected chi connectivity index (χ0v) is 15.9. The molecular formula is C18H26BrN3O2. The summed E-state index contributed by atoms with van der Waals surface area (Å²) in [7, 11) is 1.68. The molecule has 0 aromatic heterocycles. The van der Waals surface area contributed by atoms with Crippen LogP contribution in [0.1, 0.15) is 18.4 Å². The number of amides is 1. The minimum atomic E-state index is 0.306. The molecule has 3 rings (SSSR count). The fourth-order valence-corrected chi connectivity index (χ4v) is 4.02. The van der Waals surface area contributed by atoms with E-state index in [-0.39, 0.29) is 0 Å². The van der Waals surface area contributed by atoms with Gasteiger partial charge in [-0.1, -0.05) is 6.07 Å². The highest BCUT2D eigenvalue weighted by Gasteiger charge is 2.23. The van der Waals surface area contributed by atoms with Gasteiger partial charge in [0, 0.05) is 45.8 Å². The summed E-state index contributed by atoms with van der Waals surface area (Å²) < 4.78 is 6.28. The number of ether oxygens (including phenoxy) is 1. The third kappa shape index (κ3) is 4.49. The average molecular weight is 396 g/mol. The van der Waals surface area contributed by atoms with Gasteiger partial charge in [0.2, 0.25) is 5.91 Å². The smallest absolute Gasteiger partial charge is 0.236 e. The minimum Gasteiger partial charge on any atom is -0.496 e. The summed E-state index contributed by atoms with van der Waals surface area (Å²) in [6, 6.07) is 6.25. The molecule has 0 aliphatic carbocycles. The molecule has 0 spiro atoms. The molecule has 2 fully saturated rings. The van der Waals surface area contributed by atoms with Gasteiger partial charge in [0.15, 0.2) is 0 Å². The van der Waals surface area contributed by atoms with E-state index in [2.05, 4.69) is 37.9 Å². The number of halogens is 1. The maximum atomic E-state index is 12.2. The highest BCUT2D eigenvalue weighted by Crippen LogP contribution is 2.26. The van der Waals surface area contributed by atoms with Crippen LogP contribution in [0.3, 0.4) is 0 Å². The van der Waals surface area contributed by atoms with E-state index in [9.17, 15) is 4.79 Å². The second-order valence-corrected chi connectivity index (χ2v) is 7.46. The number of likely N-dealkylation sites (tertiary alicyclic amines) is 1. The van der Waals surface area contributed by atoms with Gasteiger partial charge in [-0.3, -0.25) is 14.6 Å². The number of carbonyl (C=O) groups excluding carboxylic acids is 1. The summed E-state index contributed by atoms with van der Waals surface area (Å²) in [6.07, 6.45) is 2.33. The predicted octanol–water partition coefficient (Wildman–Crippen LogP) is 2.20. The summed E-state index contributed by atoms with van der Waals surface area (Å²) in [4.78, 5) is 19.0. The van der Waals surface area contributed by atoms with Crippen LogP contribution >= 0.6 is 15.9 Å². The largest absolute Gasteiger partial charge is 0.496 e. The Kier molecular flexibility index (Phi) is 6.14. The van der Waals surface area contributed by atoms with E-state index >= 15 is 0 Å². The van der Waals surface area contributed by atoms with Gasteiger partial charge in [-0.2, -0.15) is 0 Å². The molecule has 0 saturated carbocycles. The highest BCUT2D eigenvalue weighted by molar-refractivity contribution is 9.10. The number of hydrogen-bond acceptors (Lipinski definition) is 4. The lowest BCUT2D eigenvalue weighted by molar-refractivity contribution is -0.131. The van der Waals surface area contributed by atoms with Gasteiger partial charge in [0.1, 0.15) is 5.75 Å². The van der Waals surface area contributed by atoms with Crippen molar-refractivity contribution in [1.82, 2.24) is 14.7 Å². The Labute approximate surface area is 152 Å². The van der Waals surface area contributed by atoms with E-state index in [1.807, 2.05) is 11.0 Å². The molecule has 0 unspecified atom stereocenters. The molecule has 0 N–H and O–H groups in total. The molecule has 2 heterocycles. The summed E-state index contributed by atoms with van der Waals surface area (Å²) >= 11 is 3.55. The Morgan fingerprint density at radius 1 is 1.08 bits per heavy atom. The molecule has 2 aliphatic rings. The minimum absolute atomic E-state index is 0.306. The molecule has 6 heteroatoms. The molecule has 0 atom stereocenters. The first-order chi connectivity index (χ1) is 11.7. The van der Waals surface area contributed by atoms with Gasteiger partial charge in [-0.15, -0.1) is 0 Å². The summed E-state index contributed by atoms with van der Waals surface area (Å²) in [5.41, 5.74) is 1.28. The van der Waals surface area contributed by atoms with Crippen LogP contribution in [-0.2, 0) is 11.3 Å². The number of hydrogen-bond donors (Lipinski definition) is 0. The monoisotopic (exact) mass is 395 g/mol. The first kappa shape index (κ1) is 17.7. The lowest BCUT2D eigenvalue weighted by Crippen LogP contribution is -2.49. The molecule has 0 bridgehead atoms. The van der Waals surface area contributed by atoms with Crippen molar-refractivity contribution < 1.29 is 9.53 Å². The number of benzene rings is 1. The fraction of sp³-hybridized carbons (Fsp3) is 0.611. The normalized spacial score (nSPS) is 19.7. The van der Waals surface area contributed by atoms with Crippen LogP contribution in [-0.4, -0.2) is 73.5 Å². The van der Waals surface area contributed by atoms with E-state index in [0.29, 0.717) is 12.5 Å². The van der Waals surface area contributed by atoms with Crippen molar-refractivity contribution in [2.75, 3.05) is 52.9 Å². The number of piperazine rings is 1. The van der Waals surface area contributed by atoms with Crippen molar-refractivity contribution in [2.45, 2.75) is 19.4 Å².